The number of rotatable bonds is 8. The topological polar surface area (TPSA) is 150 Å². The van der Waals surface area contributed by atoms with Crippen molar-refractivity contribution in [2.24, 2.45) is 5.73 Å². The van der Waals surface area contributed by atoms with Crippen molar-refractivity contribution < 1.29 is 19.0 Å². The Hall–Kier alpha value is -4.92. The molecule has 0 radical (unpaired) electrons. The summed E-state index contributed by atoms with van der Waals surface area (Å²) < 4.78 is 20.3. The summed E-state index contributed by atoms with van der Waals surface area (Å²) in [6, 6.07) is 14.6. The van der Waals surface area contributed by atoms with Gasteiger partial charge in [0.2, 0.25) is 0 Å². The van der Waals surface area contributed by atoms with Crippen molar-refractivity contribution in [3.05, 3.63) is 84.2 Å². The van der Waals surface area contributed by atoms with E-state index in [0.717, 1.165) is 0 Å². The number of pyridine rings is 1. The van der Waals surface area contributed by atoms with Gasteiger partial charge in [-0.1, -0.05) is 12.1 Å². The lowest BCUT2D eigenvalue weighted by molar-refractivity contribution is 0.102. The molecule has 2 unspecified atom stereocenters. The molecule has 4 N–H and O–H groups in total. The molecule has 4 aromatic rings. The molecule has 0 saturated carbocycles. The minimum Gasteiger partial charge on any atom is -0.493 e. The number of aromatic nitrogens is 3. The third-order valence-corrected chi connectivity index (χ3v) is 6.85. The molecular formula is C30H28FN7O3. The number of aliphatic hydroxyl groups excluding tert-OH is 1. The van der Waals surface area contributed by atoms with Crippen LogP contribution in [-0.4, -0.2) is 57.8 Å². The van der Waals surface area contributed by atoms with Gasteiger partial charge in [-0.15, -0.1) is 0 Å². The Bertz CT molecular complexity index is 1620. The minimum absolute atomic E-state index is 0.0150. The highest BCUT2D eigenvalue weighted by Gasteiger charge is 2.32. The first-order chi connectivity index (χ1) is 19.9. The van der Waals surface area contributed by atoms with Crippen LogP contribution in [0, 0.1) is 17.1 Å². The molecule has 208 valence electrons. The fourth-order valence-electron chi connectivity index (χ4n) is 4.97. The largest absolute Gasteiger partial charge is 0.493 e. The fourth-order valence-corrected chi connectivity index (χ4v) is 4.97. The molecule has 1 fully saturated rings. The van der Waals surface area contributed by atoms with E-state index >= 15 is 0 Å². The van der Waals surface area contributed by atoms with E-state index < -0.39 is 11.7 Å². The maximum absolute atomic E-state index is 14.8. The minimum atomic E-state index is -0.570. The Morgan fingerprint density at radius 1 is 1.27 bits per heavy atom. The molecule has 1 aliphatic rings. The van der Waals surface area contributed by atoms with Gasteiger partial charge in [0, 0.05) is 36.7 Å². The summed E-state index contributed by atoms with van der Waals surface area (Å²) in [7, 11) is 0. The fraction of sp³-hybridized carbons (Fsp3) is 0.233. The van der Waals surface area contributed by atoms with E-state index in [4.69, 9.17) is 10.5 Å². The first kappa shape index (κ1) is 27.6. The van der Waals surface area contributed by atoms with Crippen LogP contribution in [0.1, 0.15) is 29.4 Å². The normalized spacial score (nSPS) is 16.3. The van der Waals surface area contributed by atoms with Crippen molar-refractivity contribution in [1.29, 1.82) is 5.26 Å². The number of amides is 1. The second-order valence-corrected chi connectivity index (χ2v) is 9.52. The average molecular weight is 554 g/mol. The summed E-state index contributed by atoms with van der Waals surface area (Å²) in [5, 5.41) is 22.6. The van der Waals surface area contributed by atoms with E-state index in [-0.39, 0.29) is 41.5 Å². The van der Waals surface area contributed by atoms with Gasteiger partial charge in [0.05, 0.1) is 47.8 Å². The van der Waals surface area contributed by atoms with Crippen LogP contribution in [0.25, 0.3) is 22.5 Å². The van der Waals surface area contributed by atoms with Crippen molar-refractivity contribution >= 4 is 17.3 Å². The van der Waals surface area contributed by atoms with Crippen LogP contribution in [0.4, 0.5) is 15.8 Å². The van der Waals surface area contributed by atoms with Gasteiger partial charge in [0.15, 0.2) is 5.82 Å². The predicted molar refractivity (Wildman–Crippen MR) is 152 cm³/mol. The van der Waals surface area contributed by atoms with Crippen LogP contribution in [0.2, 0.25) is 0 Å². The number of carbonyl (C=O) groups excluding carboxylic acids is 1. The SMILES string of the molecule is CCOc1cccc(F)c1-c1nccc(C(=O)Nc2ccc(-c3cnccc3C#N)cc2N2CC(N)CC2CO)n1. The number of ether oxygens (including phenoxy) is 1. The molecule has 41 heavy (non-hydrogen) atoms. The van der Waals surface area contributed by atoms with E-state index in [2.05, 4.69) is 26.3 Å². The van der Waals surface area contributed by atoms with Gasteiger partial charge >= 0.3 is 0 Å². The number of nitrogens with two attached hydrogens (primary N) is 1. The quantitative estimate of drug-likeness (QED) is 0.296. The zero-order valence-electron chi connectivity index (χ0n) is 22.3. The van der Waals surface area contributed by atoms with Crippen LogP contribution in [0.5, 0.6) is 5.75 Å². The Labute approximate surface area is 236 Å². The molecule has 10 nitrogen and oxygen atoms in total. The van der Waals surface area contributed by atoms with Crippen LogP contribution in [0.15, 0.2) is 67.1 Å². The third kappa shape index (κ3) is 5.70. The molecule has 0 bridgehead atoms. The van der Waals surface area contributed by atoms with Crippen LogP contribution in [-0.2, 0) is 0 Å². The third-order valence-electron chi connectivity index (χ3n) is 6.85. The molecule has 1 aliphatic heterocycles. The smallest absolute Gasteiger partial charge is 0.274 e. The Morgan fingerprint density at radius 3 is 2.90 bits per heavy atom. The molecular weight excluding hydrogens is 525 g/mol. The number of halogens is 1. The predicted octanol–water partition coefficient (Wildman–Crippen LogP) is 3.77. The highest BCUT2D eigenvalue weighted by atomic mass is 19.1. The molecule has 2 aromatic heterocycles. The van der Waals surface area contributed by atoms with Gasteiger partial charge in [-0.05, 0) is 55.3 Å². The summed E-state index contributed by atoms with van der Waals surface area (Å²) in [4.78, 5) is 28.1. The Kier molecular flexibility index (Phi) is 8.14. The lowest BCUT2D eigenvalue weighted by atomic mass is 10.0. The van der Waals surface area contributed by atoms with Gasteiger partial charge in [0.1, 0.15) is 17.3 Å². The molecule has 2 atom stereocenters. The number of nitriles is 1. The maximum Gasteiger partial charge on any atom is 0.274 e. The average Bonchev–Trinajstić information content (AvgIpc) is 3.38. The van der Waals surface area contributed by atoms with Gasteiger partial charge < -0.3 is 25.8 Å². The molecule has 0 aliphatic carbocycles. The second kappa shape index (κ2) is 12.1. The van der Waals surface area contributed by atoms with Gasteiger partial charge in [-0.3, -0.25) is 9.78 Å². The standard InChI is InChI=1S/C30H28FN7O3/c1-2-41-27-5-3-4-23(31)28(27)29-35-11-9-25(36-29)30(40)37-24-7-6-18(22-15-34-10-8-19(22)14-32)12-26(24)38-16-20(33)13-21(38)17-39/h3-12,15,20-21,39H,2,13,16-17,33H2,1H3,(H,37,40). The molecule has 0 spiro atoms. The van der Waals surface area contributed by atoms with E-state index in [9.17, 15) is 19.6 Å². The number of benzene rings is 2. The van der Waals surface area contributed by atoms with Gasteiger partial charge in [0.25, 0.3) is 5.91 Å². The lowest BCUT2D eigenvalue weighted by Crippen LogP contribution is -2.33. The highest BCUT2D eigenvalue weighted by molar-refractivity contribution is 6.05. The van der Waals surface area contributed by atoms with E-state index in [1.165, 1.54) is 24.4 Å². The van der Waals surface area contributed by atoms with Crippen LogP contribution < -0.4 is 20.7 Å². The molecule has 3 heterocycles. The molecule has 2 aromatic carbocycles. The van der Waals surface area contributed by atoms with E-state index in [0.29, 0.717) is 47.6 Å². The van der Waals surface area contributed by atoms with Crippen molar-refractivity contribution in [3.63, 3.8) is 0 Å². The van der Waals surface area contributed by atoms with Crippen molar-refractivity contribution in [1.82, 2.24) is 15.0 Å². The molecule has 5 rings (SSSR count). The lowest BCUT2D eigenvalue weighted by Gasteiger charge is -2.28. The maximum atomic E-state index is 14.8. The van der Waals surface area contributed by atoms with Crippen molar-refractivity contribution in [2.45, 2.75) is 25.4 Å². The molecule has 11 heteroatoms. The Morgan fingerprint density at radius 2 is 2.12 bits per heavy atom. The number of nitrogens with one attached hydrogen (secondary N) is 1. The first-order valence-corrected chi connectivity index (χ1v) is 13.1. The van der Waals surface area contributed by atoms with Crippen LogP contribution >= 0.6 is 0 Å². The van der Waals surface area contributed by atoms with E-state index in [1.54, 1.807) is 43.6 Å². The summed E-state index contributed by atoms with van der Waals surface area (Å²) in [5.74, 6) is -0.823. The van der Waals surface area contributed by atoms with Crippen molar-refractivity contribution in [3.8, 4) is 34.3 Å². The highest BCUT2D eigenvalue weighted by Crippen LogP contribution is 2.37. The molecule has 1 saturated heterocycles. The number of nitrogens with zero attached hydrogens (tertiary/aromatic N) is 5. The number of carbonyl (C=O) groups is 1. The number of aliphatic hydroxyl groups is 1. The van der Waals surface area contributed by atoms with Crippen molar-refractivity contribution in [2.75, 3.05) is 30.0 Å². The van der Waals surface area contributed by atoms with Crippen LogP contribution in [0.3, 0.4) is 0 Å². The second-order valence-electron chi connectivity index (χ2n) is 9.52. The van der Waals surface area contributed by atoms with E-state index in [1.807, 2.05) is 11.0 Å². The zero-order chi connectivity index (χ0) is 28.9. The summed E-state index contributed by atoms with van der Waals surface area (Å²) in [6.07, 6.45) is 5.12. The summed E-state index contributed by atoms with van der Waals surface area (Å²) in [5.41, 5.74) is 9.19. The first-order valence-electron chi connectivity index (χ1n) is 13.1. The van der Waals surface area contributed by atoms with Gasteiger partial charge in [-0.25, -0.2) is 14.4 Å². The monoisotopic (exact) mass is 553 g/mol. The van der Waals surface area contributed by atoms with Gasteiger partial charge in [-0.2, -0.15) is 5.26 Å². The number of hydrogen-bond donors (Lipinski definition) is 3. The Balaban J connectivity index is 1.53. The zero-order valence-corrected chi connectivity index (χ0v) is 22.3. The summed E-state index contributed by atoms with van der Waals surface area (Å²) in [6.45, 7) is 2.44. The summed E-state index contributed by atoms with van der Waals surface area (Å²) >= 11 is 0. The number of anilines is 2. The number of hydrogen-bond acceptors (Lipinski definition) is 9. The molecule has 1 amide bonds.